The first kappa shape index (κ1) is 15.1. The van der Waals surface area contributed by atoms with Crippen molar-refractivity contribution < 1.29 is 4.39 Å². The average molecular weight is 291 g/mol. The molecule has 0 aliphatic carbocycles. The summed E-state index contributed by atoms with van der Waals surface area (Å²) in [5, 5.41) is 0. The molecule has 0 spiro atoms. The minimum Gasteiger partial charge on any atom is -0.207 e. The van der Waals surface area contributed by atoms with E-state index in [2.05, 4.69) is 24.3 Å². The van der Waals surface area contributed by atoms with Gasteiger partial charge in [-0.3, -0.25) is 0 Å². The van der Waals surface area contributed by atoms with E-state index >= 15 is 0 Å². The number of hydrogen-bond acceptors (Lipinski definition) is 0. The van der Waals surface area contributed by atoms with Crippen LogP contribution in [0.5, 0.6) is 0 Å². The van der Waals surface area contributed by atoms with Gasteiger partial charge in [-0.1, -0.05) is 42.5 Å². The SMILES string of the molecule is Fc1ccc(CC(CCl)CCCc2ccccc2)cc1. The van der Waals surface area contributed by atoms with E-state index in [0.29, 0.717) is 11.8 Å². The van der Waals surface area contributed by atoms with Gasteiger partial charge in [0.05, 0.1) is 0 Å². The third-order valence-corrected chi connectivity index (χ3v) is 4.01. The maximum atomic E-state index is 12.9. The summed E-state index contributed by atoms with van der Waals surface area (Å²) < 4.78 is 12.9. The largest absolute Gasteiger partial charge is 0.207 e. The summed E-state index contributed by atoms with van der Waals surface area (Å²) in [5.41, 5.74) is 2.54. The zero-order chi connectivity index (χ0) is 14.2. The maximum Gasteiger partial charge on any atom is 0.123 e. The summed E-state index contributed by atoms with van der Waals surface area (Å²) in [7, 11) is 0. The quantitative estimate of drug-likeness (QED) is 0.611. The zero-order valence-electron chi connectivity index (χ0n) is 11.6. The Bertz CT molecular complexity index is 493. The molecule has 0 aromatic heterocycles. The van der Waals surface area contributed by atoms with Crippen molar-refractivity contribution in [1.82, 2.24) is 0 Å². The van der Waals surface area contributed by atoms with Crippen LogP contribution in [0.25, 0.3) is 0 Å². The van der Waals surface area contributed by atoms with Gasteiger partial charge in [0.15, 0.2) is 0 Å². The van der Waals surface area contributed by atoms with Crippen LogP contribution in [0.15, 0.2) is 54.6 Å². The van der Waals surface area contributed by atoms with Crippen molar-refractivity contribution in [3.63, 3.8) is 0 Å². The minimum atomic E-state index is -0.180. The summed E-state index contributed by atoms with van der Waals surface area (Å²) in [6.07, 6.45) is 4.27. The smallest absolute Gasteiger partial charge is 0.123 e. The van der Waals surface area contributed by atoms with Gasteiger partial charge >= 0.3 is 0 Å². The van der Waals surface area contributed by atoms with Crippen molar-refractivity contribution in [3.8, 4) is 0 Å². The Morgan fingerprint density at radius 1 is 0.900 bits per heavy atom. The third-order valence-electron chi connectivity index (χ3n) is 3.58. The van der Waals surface area contributed by atoms with Gasteiger partial charge in [0.2, 0.25) is 0 Å². The first-order valence-corrected chi connectivity index (χ1v) is 7.65. The van der Waals surface area contributed by atoms with Crippen LogP contribution in [0.1, 0.15) is 24.0 Å². The molecule has 0 fully saturated rings. The van der Waals surface area contributed by atoms with E-state index < -0.39 is 0 Å². The molecule has 2 aromatic carbocycles. The highest BCUT2D eigenvalue weighted by molar-refractivity contribution is 6.18. The van der Waals surface area contributed by atoms with Gasteiger partial charge in [-0.15, -0.1) is 11.6 Å². The molecule has 1 unspecified atom stereocenters. The number of halogens is 2. The van der Waals surface area contributed by atoms with Crippen LogP contribution in [-0.2, 0) is 12.8 Å². The Morgan fingerprint density at radius 3 is 2.25 bits per heavy atom. The number of benzene rings is 2. The molecule has 0 amide bonds. The van der Waals surface area contributed by atoms with E-state index in [-0.39, 0.29) is 5.82 Å². The number of hydrogen-bond donors (Lipinski definition) is 0. The highest BCUT2D eigenvalue weighted by Gasteiger charge is 2.08. The monoisotopic (exact) mass is 290 g/mol. The molecule has 0 nitrogen and oxygen atoms in total. The van der Waals surface area contributed by atoms with Crippen LogP contribution in [0.2, 0.25) is 0 Å². The number of aryl methyl sites for hydroxylation is 1. The molecule has 0 saturated carbocycles. The molecule has 0 N–H and O–H groups in total. The molecule has 0 aliphatic heterocycles. The van der Waals surface area contributed by atoms with Crippen molar-refractivity contribution in [2.24, 2.45) is 5.92 Å². The van der Waals surface area contributed by atoms with Gasteiger partial charge < -0.3 is 0 Å². The van der Waals surface area contributed by atoms with E-state index in [1.165, 1.54) is 17.7 Å². The fourth-order valence-corrected chi connectivity index (χ4v) is 2.69. The lowest BCUT2D eigenvalue weighted by Gasteiger charge is -2.14. The molecule has 20 heavy (non-hydrogen) atoms. The topological polar surface area (TPSA) is 0 Å². The Morgan fingerprint density at radius 2 is 1.60 bits per heavy atom. The molecule has 0 saturated heterocycles. The Kier molecular flexibility index (Phi) is 6.07. The standard InChI is InChI=1S/C18H20ClF/c19-14-17(13-16-9-11-18(20)12-10-16)8-4-7-15-5-2-1-3-6-15/h1-3,5-6,9-12,17H,4,7-8,13-14H2. The van der Waals surface area contributed by atoms with Crippen molar-refractivity contribution in [3.05, 3.63) is 71.5 Å². The lowest BCUT2D eigenvalue weighted by Crippen LogP contribution is -2.07. The minimum absolute atomic E-state index is 0.180. The normalized spacial score (nSPS) is 12.3. The maximum absolute atomic E-state index is 12.9. The molecule has 1 atom stereocenters. The second-order valence-electron chi connectivity index (χ2n) is 5.23. The molecule has 2 aromatic rings. The van der Waals surface area contributed by atoms with Gasteiger partial charge in [-0.05, 0) is 54.9 Å². The van der Waals surface area contributed by atoms with Gasteiger partial charge in [0.1, 0.15) is 5.82 Å². The summed E-state index contributed by atoms with van der Waals surface area (Å²) in [4.78, 5) is 0. The Balaban J connectivity index is 1.79. The molecule has 0 radical (unpaired) electrons. The predicted octanol–water partition coefficient (Wildman–Crippen LogP) is 5.25. The summed E-state index contributed by atoms with van der Waals surface area (Å²) in [6, 6.07) is 17.3. The van der Waals surface area contributed by atoms with Gasteiger partial charge in [-0.2, -0.15) is 0 Å². The summed E-state index contributed by atoms with van der Waals surface area (Å²) >= 11 is 6.06. The fourth-order valence-electron chi connectivity index (χ4n) is 2.43. The molecule has 0 aliphatic rings. The van der Waals surface area contributed by atoms with Crippen LogP contribution in [0.3, 0.4) is 0 Å². The third kappa shape index (κ3) is 4.97. The highest BCUT2D eigenvalue weighted by atomic mass is 35.5. The molecule has 2 heteroatoms. The molecule has 0 heterocycles. The van der Waals surface area contributed by atoms with E-state index in [9.17, 15) is 4.39 Å². The first-order chi connectivity index (χ1) is 9.78. The Labute approximate surface area is 125 Å². The van der Waals surface area contributed by atoms with E-state index in [0.717, 1.165) is 31.2 Å². The van der Waals surface area contributed by atoms with Crippen molar-refractivity contribution in [2.45, 2.75) is 25.7 Å². The predicted molar refractivity (Wildman–Crippen MR) is 83.7 cm³/mol. The van der Waals surface area contributed by atoms with Crippen LogP contribution >= 0.6 is 11.6 Å². The highest BCUT2D eigenvalue weighted by Crippen LogP contribution is 2.18. The van der Waals surface area contributed by atoms with Crippen LogP contribution in [-0.4, -0.2) is 5.88 Å². The Hall–Kier alpha value is -1.34. The van der Waals surface area contributed by atoms with Crippen molar-refractivity contribution in [2.75, 3.05) is 5.88 Å². The molecular formula is C18H20ClF. The summed E-state index contributed by atoms with van der Waals surface area (Å²) in [6.45, 7) is 0. The lowest BCUT2D eigenvalue weighted by molar-refractivity contribution is 0.512. The van der Waals surface area contributed by atoms with Gasteiger partial charge in [0, 0.05) is 5.88 Å². The van der Waals surface area contributed by atoms with Crippen molar-refractivity contribution >= 4 is 11.6 Å². The van der Waals surface area contributed by atoms with Crippen LogP contribution in [0, 0.1) is 11.7 Å². The van der Waals surface area contributed by atoms with Crippen LogP contribution in [0.4, 0.5) is 4.39 Å². The van der Waals surface area contributed by atoms with Crippen LogP contribution < -0.4 is 0 Å². The number of rotatable bonds is 7. The zero-order valence-corrected chi connectivity index (χ0v) is 12.3. The second-order valence-corrected chi connectivity index (χ2v) is 5.54. The lowest BCUT2D eigenvalue weighted by atomic mass is 9.94. The van der Waals surface area contributed by atoms with Gasteiger partial charge in [-0.25, -0.2) is 4.39 Å². The fraction of sp³-hybridized carbons (Fsp3) is 0.333. The molecule has 2 rings (SSSR count). The second kappa shape index (κ2) is 8.06. The molecule has 0 bridgehead atoms. The average Bonchev–Trinajstić information content (AvgIpc) is 2.49. The van der Waals surface area contributed by atoms with E-state index in [4.69, 9.17) is 11.6 Å². The van der Waals surface area contributed by atoms with E-state index in [1.54, 1.807) is 0 Å². The van der Waals surface area contributed by atoms with Crippen molar-refractivity contribution in [1.29, 1.82) is 0 Å². The molecule has 106 valence electrons. The van der Waals surface area contributed by atoms with E-state index in [1.807, 2.05) is 18.2 Å². The summed E-state index contributed by atoms with van der Waals surface area (Å²) in [5.74, 6) is 0.942. The first-order valence-electron chi connectivity index (χ1n) is 7.12. The van der Waals surface area contributed by atoms with Gasteiger partial charge in [0.25, 0.3) is 0 Å². The molecular weight excluding hydrogens is 271 g/mol. The number of alkyl halides is 1.